The molecule has 3 fully saturated rings. The third-order valence-electron chi connectivity index (χ3n) is 5.76. The van der Waals surface area contributed by atoms with E-state index in [0.717, 1.165) is 24.0 Å². The molecular formula is C21H23N7O. The van der Waals surface area contributed by atoms with Gasteiger partial charge in [-0.1, -0.05) is 6.58 Å². The molecule has 3 aliphatic rings. The van der Waals surface area contributed by atoms with Gasteiger partial charge in [-0.05, 0) is 50.2 Å². The monoisotopic (exact) mass is 389 g/mol. The number of allylic oxidation sites excluding steroid dienone is 1. The van der Waals surface area contributed by atoms with Gasteiger partial charge in [0.05, 0.1) is 12.6 Å². The summed E-state index contributed by atoms with van der Waals surface area (Å²) in [5.74, 6) is 1.83. The maximum absolute atomic E-state index is 11.7. The zero-order valence-corrected chi connectivity index (χ0v) is 16.3. The van der Waals surface area contributed by atoms with E-state index in [1.54, 1.807) is 10.7 Å². The first kappa shape index (κ1) is 17.7. The minimum Gasteiger partial charge on any atom is -0.366 e. The second-order valence-electron chi connectivity index (χ2n) is 8.19. The average molecular weight is 389 g/mol. The fourth-order valence-corrected chi connectivity index (χ4v) is 3.70. The lowest BCUT2D eigenvalue weighted by atomic mass is 10.1. The Morgan fingerprint density at radius 1 is 1.41 bits per heavy atom. The van der Waals surface area contributed by atoms with Crippen LogP contribution in [-0.2, 0) is 4.79 Å². The molecule has 3 N–H and O–H groups in total. The van der Waals surface area contributed by atoms with Crippen molar-refractivity contribution in [1.82, 2.24) is 19.9 Å². The van der Waals surface area contributed by atoms with E-state index in [2.05, 4.69) is 40.6 Å². The fraction of sp³-hybridized carbons (Fsp3) is 0.429. The number of amides is 1. The molecule has 1 aliphatic heterocycles. The molecule has 29 heavy (non-hydrogen) atoms. The summed E-state index contributed by atoms with van der Waals surface area (Å²) in [6.07, 6.45) is 8.50. The lowest BCUT2D eigenvalue weighted by molar-refractivity contribution is -0.118. The molecule has 8 heteroatoms. The molecule has 2 aromatic heterocycles. The van der Waals surface area contributed by atoms with Gasteiger partial charge < -0.3 is 16.0 Å². The van der Waals surface area contributed by atoms with Gasteiger partial charge in [-0.3, -0.25) is 4.79 Å². The van der Waals surface area contributed by atoms with Gasteiger partial charge in [0.15, 0.2) is 17.3 Å². The van der Waals surface area contributed by atoms with Crippen molar-refractivity contribution in [2.75, 3.05) is 10.6 Å². The molecule has 1 atom stereocenters. The zero-order chi connectivity index (χ0) is 20.1. The van der Waals surface area contributed by atoms with Crippen molar-refractivity contribution in [3.8, 4) is 6.07 Å². The largest absolute Gasteiger partial charge is 0.366 e. The molecule has 3 heterocycles. The number of hydrogen-bond acceptors (Lipinski definition) is 6. The van der Waals surface area contributed by atoms with Gasteiger partial charge in [-0.25, -0.2) is 4.98 Å². The minimum atomic E-state index is -0.0610. The quantitative estimate of drug-likeness (QED) is 0.701. The summed E-state index contributed by atoms with van der Waals surface area (Å²) in [7, 11) is 0. The number of rotatable bonds is 6. The van der Waals surface area contributed by atoms with Gasteiger partial charge in [-0.2, -0.15) is 14.9 Å². The summed E-state index contributed by atoms with van der Waals surface area (Å²) < 4.78 is 1.70. The first-order valence-electron chi connectivity index (χ1n) is 10.1. The van der Waals surface area contributed by atoms with Crippen LogP contribution >= 0.6 is 0 Å². The van der Waals surface area contributed by atoms with E-state index in [1.807, 2.05) is 6.08 Å². The minimum absolute atomic E-state index is 0.0610. The Balaban J connectivity index is 1.63. The molecule has 1 amide bonds. The summed E-state index contributed by atoms with van der Waals surface area (Å²) >= 11 is 0. The Labute approximate surface area is 168 Å². The molecule has 1 saturated heterocycles. The molecule has 0 bridgehead atoms. The number of carbonyl (C=O) groups is 1. The number of hydrogen-bond donors (Lipinski definition) is 3. The van der Waals surface area contributed by atoms with Crippen molar-refractivity contribution in [2.45, 2.75) is 51.1 Å². The number of nitriles is 1. The van der Waals surface area contributed by atoms with E-state index in [4.69, 9.17) is 4.98 Å². The Morgan fingerprint density at radius 3 is 2.83 bits per heavy atom. The highest BCUT2D eigenvalue weighted by Gasteiger charge is 2.31. The van der Waals surface area contributed by atoms with Crippen molar-refractivity contribution < 1.29 is 4.79 Å². The number of fused-ring (bicyclic) bond motifs is 1. The fourth-order valence-electron chi connectivity index (χ4n) is 3.70. The molecule has 5 rings (SSSR count). The third-order valence-corrected chi connectivity index (χ3v) is 5.76. The van der Waals surface area contributed by atoms with Crippen LogP contribution in [0.4, 0.5) is 11.6 Å². The van der Waals surface area contributed by atoms with Crippen LogP contribution in [0.15, 0.2) is 24.0 Å². The van der Waals surface area contributed by atoms with Crippen LogP contribution < -0.4 is 16.0 Å². The van der Waals surface area contributed by atoms with Crippen LogP contribution in [-0.4, -0.2) is 32.6 Å². The van der Waals surface area contributed by atoms with Gasteiger partial charge in [0.25, 0.3) is 0 Å². The molecule has 2 saturated carbocycles. The number of nitrogens with one attached hydrogen (secondary N) is 3. The van der Waals surface area contributed by atoms with Crippen LogP contribution in [0.2, 0.25) is 0 Å². The highest BCUT2D eigenvalue weighted by Crippen LogP contribution is 2.36. The Bertz CT molecular complexity index is 1100. The molecule has 0 spiro atoms. The topological polar surface area (TPSA) is 107 Å². The van der Waals surface area contributed by atoms with Crippen LogP contribution in [0.1, 0.15) is 50.2 Å². The Hall–Kier alpha value is -3.34. The molecular weight excluding hydrogens is 366 g/mol. The molecule has 0 radical (unpaired) electrons. The normalized spacial score (nSPS) is 21.3. The van der Waals surface area contributed by atoms with E-state index in [9.17, 15) is 10.1 Å². The molecule has 2 aliphatic carbocycles. The smallest absolute Gasteiger partial charge is 0.228 e. The van der Waals surface area contributed by atoms with Crippen molar-refractivity contribution in [1.29, 1.82) is 5.26 Å². The van der Waals surface area contributed by atoms with Crippen LogP contribution in [0, 0.1) is 17.2 Å². The van der Waals surface area contributed by atoms with Crippen molar-refractivity contribution >= 4 is 29.3 Å². The van der Waals surface area contributed by atoms with E-state index in [0.29, 0.717) is 46.9 Å². The first-order valence-corrected chi connectivity index (χ1v) is 10.1. The zero-order valence-electron chi connectivity index (χ0n) is 16.3. The molecule has 8 nitrogen and oxygen atoms in total. The van der Waals surface area contributed by atoms with Crippen LogP contribution in [0.25, 0.3) is 11.7 Å². The van der Waals surface area contributed by atoms with Gasteiger partial charge in [0, 0.05) is 23.3 Å². The van der Waals surface area contributed by atoms with E-state index < -0.39 is 0 Å². The van der Waals surface area contributed by atoms with Crippen LogP contribution in [0.3, 0.4) is 0 Å². The van der Waals surface area contributed by atoms with Gasteiger partial charge in [-0.15, -0.1) is 0 Å². The molecule has 0 aromatic carbocycles. The maximum Gasteiger partial charge on any atom is 0.228 e. The predicted octanol–water partition coefficient (Wildman–Crippen LogP) is 2.80. The third kappa shape index (κ3) is 3.33. The second-order valence-corrected chi connectivity index (χ2v) is 8.19. The van der Waals surface area contributed by atoms with E-state index >= 15 is 0 Å². The first-order chi connectivity index (χ1) is 14.0. The molecule has 0 unspecified atom stereocenters. The second kappa shape index (κ2) is 6.62. The summed E-state index contributed by atoms with van der Waals surface area (Å²) in [4.78, 5) is 16.4. The predicted molar refractivity (Wildman–Crippen MR) is 110 cm³/mol. The summed E-state index contributed by atoms with van der Waals surface area (Å²) in [6, 6.07) is 2.94. The lowest BCUT2D eigenvalue weighted by Gasteiger charge is -2.18. The van der Waals surface area contributed by atoms with Gasteiger partial charge in [0.1, 0.15) is 11.6 Å². The summed E-state index contributed by atoms with van der Waals surface area (Å²) in [5, 5.41) is 24.0. The Kier molecular flexibility index (Phi) is 4.05. The van der Waals surface area contributed by atoms with Gasteiger partial charge >= 0.3 is 0 Å². The highest BCUT2D eigenvalue weighted by atomic mass is 16.1. The lowest BCUT2D eigenvalue weighted by Crippen LogP contribution is -2.21. The van der Waals surface area contributed by atoms with Crippen molar-refractivity contribution in [2.24, 2.45) is 5.92 Å². The van der Waals surface area contributed by atoms with E-state index in [1.165, 1.54) is 12.8 Å². The maximum atomic E-state index is 11.7. The van der Waals surface area contributed by atoms with Crippen molar-refractivity contribution in [3.05, 3.63) is 35.2 Å². The average Bonchev–Trinajstić information content (AvgIpc) is 3.60. The van der Waals surface area contributed by atoms with E-state index in [-0.39, 0.29) is 11.9 Å². The SMILES string of the molecule is C=C1NC(=O)C/C1=C\c1cnn2c(NC3CC3)c(C#N)c(N[C@H](C)C3CC3)nc12. The number of nitrogens with zero attached hydrogens (tertiary/aromatic N) is 4. The number of carbonyl (C=O) groups excluding carboxylic acids is 1. The molecule has 148 valence electrons. The summed E-state index contributed by atoms with van der Waals surface area (Å²) in [5.41, 5.74) is 3.37. The highest BCUT2D eigenvalue weighted by molar-refractivity contribution is 5.90. The Morgan fingerprint density at radius 2 is 2.21 bits per heavy atom. The number of anilines is 2. The van der Waals surface area contributed by atoms with Gasteiger partial charge in [0.2, 0.25) is 5.91 Å². The standard InChI is InChI=1S/C21H23N7O/c1-11(13-3-4-13)25-19-17(9-22)21(26-16-5-6-16)28-20(27-19)15(10-23-28)7-14-8-18(29)24-12(14)2/h7,10-11,13,16,26H,2-6,8H2,1H3,(H,24,29)(H,25,27)/b14-7+/t11-/m1/s1. The summed E-state index contributed by atoms with van der Waals surface area (Å²) in [6.45, 7) is 6.04. The van der Waals surface area contributed by atoms with Crippen molar-refractivity contribution in [3.63, 3.8) is 0 Å². The number of aromatic nitrogens is 3. The van der Waals surface area contributed by atoms with Crippen LogP contribution in [0.5, 0.6) is 0 Å². The molecule has 2 aromatic rings.